The third kappa shape index (κ3) is 10.5. The second-order valence-electron chi connectivity index (χ2n) is 13.1. The number of amides is 3. The number of hydrogen-bond donors (Lipinski definition) is 3. The van der Waals surface area contributed by atoms with Crippen LogP contribution in [0, 0.1) is 12.3 Å². The number of aliphatic hydroxyl groups is 1. The second kappa shape index (κ2) is 16.6. The number of likely N-dealkylation sites (tertiary alicyclic amines) is 1. The Balaban J connectivity index is 1.24. The van der Waals surface area contributed by atoms with E-state index in [0.717, 1.165) is 27.3 Å². The number of ether oxygens (including phenoxy) is 1. The molecule has 0 saturated carbocycles. The second-order valence-corrected chi connectivity index (χ2v) is 14.0. The van der Waals surface area contributed by atoms with Gasteiger partial charge >= 0.3 is 5.97 Å². The van der Waals surface area contributed by atoms with E-state index >= 15 is 0 Å². The standard InChI is InChI=1S/C36H46N4O6S/c1-24-32(47-23-38-24)27-16-14-26(15-17-27)21-37-34(44)29-20-28(41)22-40(29)35(45)33(36(2,3)4)39-30(42)13-9-6-10-18-46-31(43)19-25-11-7-5-8-12-25/h5,7-8,11-12,14-17,23,28-29,33,41H,6,9-10,13,18-22H2,1-4H3,(H,37,44)(H,39,42)/t28-,29+,33-/m1/s1. The summed E-state index contributed by atoms with van der Waals surface area (Å²) in [7, 11) is 0. The van der Waals surface area contributed by atoms with Gasteiger partial charge in [-0.25, -0.2) is 4.98 Å². The molecule has 0 unspecified atom stereocenters. The zero-order valence-corrected chi connectivity index (χ0v) is 28.5. The van der Waals surface area contributed by atoms with Crippen molar-refractivity contribution in [3.8, 4) is 10.4 Å². The minimum absolute atomic E-state index is 0.0191. The Bertz CT molecular complexity index is 1500. The number of carbonyl (C=O) groups is 4. The van der Waals surface area contributed by atoms with Crippen LogP contribution in [-0.4, -0.2) is 70.0 Å². The van der Waals surface area contributed by atoms with Gasteiger partial charge in [-0.2, -0.15) is 0 Å². The first-order chi connectivity index (χ1) is 22.4. The number of aliphatic hydroxyl groups excluding tert-OH is 1. The summed E-state index contributed by atoms with van der Waals surface area (Å²) in [5.41, 5.74) is 5.02. The minimum Gasteiger partial charge on any atom is -0.465 e. The highest BCUT2D eigenvalue weighted by Crippen LogP contribution is 2.28. The Labute approximate surface area is 280 Å². The van der Waals surface area contributed by atoms with E-state index in [4.69, 9.17) is 4.74 Å². The summed E-state index contributed by atoms with van der Waals surface area (Å²) in [4.78, 5) is 58.9. The molecule has 3 atom stereocenters. The predicted molar refractivity (Wildman–Crippen MR) is 181 cm³/mol. The molecule has 1 fully saturated rings. The first-order valence-electron chi connectivity index (χ1n) is 16.2. The molecule has 2 aromatic carbocycles. The molecule has 0 aliphatic carbocycles. The number of aromatic nitrogens is 1. The minimum atomic E-state index is -0.878. The van der Waals surface area contributed by atoms with Gasteiger partial charge in [0.2, 0.25) is 17.7 Å². The van der Waals surface area contributed by atoms with Crippen LogP contribution in [0.5, 0.6) is 0 Å². The number of thiazole rings is 1. The highest BCUT2D eigenvalue weighted by molar-refractivity contribution is 7.13. The molecule has 3 amide bonds. The van der Waals surface area contributed by atoms with Crippen LogP contribution in [0.3, 0.4) is 0 Å². The van der Waals surface area contributed by atoms with Gasteiger partial charge in [-0.05, 0) is 48.3 Å². The van der Waals surface area contributed by atoms with Crippen molar-refractivity contribution < 1.29 is 29.0 Å². The van der Waals surface area contributed by atoms with E-state index in [1.54, 1.807) is 11.3 Å². The summed E-state index contributed by atoms with van der Waals surface area (Å²) in [6.45, 7) is 8.13. The normalized spacial score (nSPS) is 16.8. The lowest BCUT2D eigenvalue weighted by atomic mass is 9.85. The highest BCUT2D eigenvalue weighted by Gasteiger charge is 2.44. The molecule has 252 valence electrons. The number of carbonyl (C=O) groups excluding carboxylic acids is 4. The van der Waals surface area contributed by atoms with Crippen LogP contribution in [-0.2, 0) is 36.9 Å². The van der Waals surface area contributed by atoms with E-state index in [9.17, 15) is 24.3 Å². The van der Waals surface area contributed by atoms with Crippen LogP contribution in [0.15, 0.2) is 60.1 Å². The van der Waals surface area contributed by atoms with E-state index in [-0.39, 0.29) is 56.7 Å². The number of hydrogen-bond acceptors (Lipinski definition) is 8. The lowest BCUT2D eigenvalue weighted by molar-refractivity contribution is -0.144. The molecular weight excluding hydrogens is 616 g/mol. The molecule has 47 heavy (non-hydrogen) atoms. The number of β-amino-alcohol motifs (C(OH)–C–C–N with tert-alkyl or cyclic N) is 1. The Kier molecular flexibility index (Phi) is 12.7. The summed E-state index contributed by atoms with van der Waals surface area (Å²) < 4.78 is 5.31. The summed E-state index contributed by atoms with van der Waals surface area (Å²) in [5.74, 6) is -1.29. The summed E-state index contributed by atoms with van der Waals surface area (Å²) in [6.07, 6.45) is 1.63. The number of rotatable bonds is 14. The number of unbranched alkanes of at least 4 members (excludes halogenated alkanes) is 2. The Morgan fingerprint density at radius 2 is 1.74 bits per heavy atom. The average Bonchev–Trinajstić information content (AvgIpc) is 3.65. The number of nitrogens with one attached hydrogen (secondary N) is 2. The average molecular weight is 663 g/mol. The molecule has 4 rings (SSSR count). The summed E-state index contributed by atoms with van der Waals surface area (Å²) >= 11 is 1.58. The van der Waals surface area contributed by atoms with Crippen molar-refractivity contribution in [1.29, 1.82) is 0 Å². The lowest BCUT2D eigenvalue weighted by Crippen LogP contribution is -2.57. The Hall–Kier alpha value is -4.09. The van der Waals surface area contributed by atoms with Crippen molar-refractivity contribution in [3.63, 3.8) is 0 Å². The predicted octanol–water partition coefficient (Wildman–Crippen LogP) is 4.57. The zero-order chi connectivity index (χ0) is 34.0. The number of nitrogens with zero attached hydrogens (tertiary/aromatic N) is 2. The monoisotopic (exact) mass is 662 g/mol. The topological polar surface area (TPSA) is 138 Å². The van der Waals surface area contributed by atoms with E-state index in [1.165, 1.54) is 4.90 Å². The maximum atomic E-state index is 13.8. The van der Waals surface area contributed by atoms with Gasteiger partial charge in [-0.3, -0.25) is 19.2 Å². The molecule has 1 aliphatic heterocycles. The molecule has 2 heterocycles. The van der Waals surface area contributed by atoms with Crippen molar-refractivity contribution >= 4 is 35.0 Å². The van der Waals surface area contributed by atoms with Gasteiger partial charge in [0.15, 0.2) is 0 Å². The largest absolute Gasteiger partial charge is 0.465 e. The summed E-state index contributed by atoms with van der Waals surface area (Å²) in [5, 5.41) is 16.3. The van der Waals surface area contributed by atoms with Crippen LogP contribution in [0.2, 0.25) is 0 Å². The van der Waals surface area contributed by atoms with Crippen LogP contribution >= 0.6 is 11.3 Å². The number of esters is 1. The van der Waals surface area contributed by atoms with Gasteiger partial charge in [-0.1, -0.05) is 75.4 Å². The molecule has 0 radical (unpaired) electrons. The van der Waals surface area contributed by atoms with E-state index < -0.39 is 29.5 Å². The van der Waals surface area contributed by atoms with Crippen LogP contribution < -0.4 is 10.6 Å². The molecule has 3 aromatic rings. The molecule has 11 heteroatoms. The van der Waals surface area contributed by atoms with Crippen molar-refractivity contribution in [2.24, 2.45) is 5.41 Å². The Morgan fingerprint density at radius 1 is 1.02 bits per heavy atom. The third-order valence-corrected chi connectivity index (χ3v) is 9.19. The molecule has 1 saturated heterocycles. The molecule has 0 bridgehead atoms. The maximum absolute atomic E-state index is 13.8. The molecule has 3 N–H and O–H groups in total. The first-order valence-corrected chi connectivity index (χ1v) is 17.0. The zero-order valence-electron chi connectivity index (χ0n) is 27.7. The SMILES string of the molecule is Cc1ncsc1-c1ccc(CNC(=O)[C@@H]2C[C@@H](O)CN2C(=O)[C@@H](NC(=O)CCCCCOC(=O)Cc2ccccc2)C(C)(C)C)cc1. The fourth-order valence-corrected chi connectivity index (χ4v) is 6.39. The summed E-state index contributed by atoms with van der Waals surface area (Å²) in [6, 6.07) is 15.6. The fraction of sp³-hybridized carbons (Fsp3) is 0.472. The van der Waals surface area contributed by atoms with Crippen molar-refractivity contribution in [2.45, 2.75) is 91.0 Å². The third-order valence-electron chi connectivity index (χ3n) is 8.21. The van der Waals surface area contributed by atoms with E-state index in [0.29, 0.717) is 19.3 Å². The van der Waals surface area contributed by atoms with Gasteiger partial charge in [0.05, 0.1) is 35.2 Å². The first kappa shape index (κ1) is 35.8. The maximum Gasteiger partial charge on any atom is 0.310 e. The van der Waals surface area contributed by atoms with Crippen molar-refractivity contribution in [1.82, 2.24) is 20.5 Å². The molecule has 10 nitrogen and oxygen atoms in total. The molecular formula is C36H46N4O6S. The van der Waals surface area contributed by atoms with Crippen LogP contribution in [0.1, 0.15) is 69.7 Å². The van der Waals surface area contributed by atoms with Gasteiger partial charge in [0.25, 0.3) is 0 Å². The number of aryl methyl sites for hydroxylation is 1. The Morgan fingerprint density at radius 3 is 2.40 bits per heavy atom. The van der Waals surface area contributed by atoms with Gasteiger partial charge < -0.3 is 25.4 Å². The highest BCUT2D eigenvalue weighted by atomic mass is 32.1. The van der Waals surface area contributed by atoms with Gasteiger partial charge in [0.1, 0.15) is 12.1 Å². The van der Waals surface area contributed by atoms with Crippen LogP contribution in [0.25, 0.3) is 10.4 Å². The lowest BCUT2D eigenvalue weighted by Gasteiger charge is -2.35. The van der Waals surface area contributed by atoms with Crippen molar-refractivity contribution in [3.05, 3.63) is 76.9 Å². The smallest absolute Gasteiger partial charge is 0.310 e. The van der Waals surface area contributed by atoms with E-state index in [2.05, 4.69) is 15.6 Å². The van der Waals surface area contributed by atoms with Crippen molar-refractivity contribution in [2.75, 3.05) is 13.2 Å². The number of benzene rings is 2. The quantitative estimate of drug-likeness (QED) is 0.170. The van der Waals surface area contributed by atoms with Gasteiger partial charge in [-0.15, -0.1) is 11.3 Å². The fourth-order valence-electron chi connectivity index (χ4n) is 5.58. The van der Waals surface area contributed by atoms with Gasteiger partial charge in [0, 0.05) is 25.9 Å². The van der Waals surface area contributed by atoms with E-state index in [1.807, 2.05) is 87.8 Å². The molecule has 0 spiro atoms. The molecule has 1 aromatic heterocycles. The molecule has 1 aliphatic rings. The van der Waals surface area contributed by atoms with Crippen LogP contribution in [0.4, 0.5) is 0 Å².